The Morgan fingerprint density at radius 2 is 2.06 bits per heavy atom. The third kappa shape index (κ3) is 3.27. The number of guanidine groups is 1. The zero-order valence-electron chi connectivity index (χ0n) is 11.9. The lowest BCUT2D eigenvalue weighted by molar-refractivity contribution is -0.176. The molecule has 1 aliphatic carbocycles. The largest absolute Gasteiger partial charge is 0.395 e. The lowest BCUT2D eigenvalue weighted by Crippen LogP contribution is -2.69. The minimum atomic E-state index is -0.0828. The summed E-state index contributed by atoms with van der Waals surface area (Å²) in [6.07, 6.45) is 0.955. The van der Waals surface area contributed by atoms with Crippen LogP contribution >= 0.6 is 24.0 Å². The van der Waals surface area contributed by atoms with Crippen molar-refractivity contribution in [3.05, 3.63) is 0 Å². The molecule has 0 aliphatic heterocycles. The van der Waals surface area contributed by atoms with Crippen molar-refractivity contribution in [3.63, 3.8) is 0 Å². The van der Waals surface area contributed by atoms with Gasteiger partial charge in [-0.2, -0.15) is 0 Å². The van der Waals surface area contributed by atoms with Gasteiger partial charge in [0.05, 0.1) is 12.2 Å². The Hall–Kier alpha value is -0.0800. The average Bonchev–Trinajstić information content (AvgIpc) is 2.32. The molecule has 1 rings (SSSR count). The molecular weight excluding hydrogens is 345 g/mol. The Morgan fingerprint density at radius 1 is 1.44 bits per heavy atom. The molecule has 1 saturated carbocycles. The number of ether oxygens (including phenoxy) is 1. The van der Waals surface area contributed by atoms with Crippen LogP contribution in [0.25, 0.3) is 0 Å². The Balaban J connectivity index is 0.00000289. The molecule has 5 nitrogen and oxygen atoms in total. The molecule has 1 aliphatic rings. The molecule has 3 N–H and O–H groups in total. The molecule has 0 heterocycles. The maximum Gasteiger partial charge on any atom is 0.191 e. The minimum Gasteiger partial charge on any atom is -0.395 e. The van der Waals surface area contributed by atoms with E-state index in [-0.39, 0.29) is 41.6 Å². The van der Waals surface area contributed by atoms with Gasteiger partial charge >= 0.3 is 0 Å². The molecule has 0 aromatic rings. The molecule has 1 fully saturated rings. The summed E-state index contributed by atoms with van der Waals surface area (Å²) < 4.78 is 5.58. The summed E-state index contributed by atoms with van der Waals surface area (Å²) in [5.74, 6) is 0.732. The van der Waals surface area contributed by atoms with Crippen LogP contribution in [0.5, 0.6) is 0 Å². The molecule has 108 valence electrons. The maximum absolute atomic E-state index is 8.77. The van der Waals surface area contributed by atoms with Crippen molar-refractivity contribution in [2.45, 2.75) is 38.8 Å². The molecular formula is C12H26IN3O2. The van der Waals surface area contributed by atoms with E-state index in [1.165, 1.54) is 0 Å². The predicted molar refractivity (Wildman–Crippen MR) is 84.6 cm³/mol. The number of aliphatic hydroxyl groups is 1. The van der Waals surface area contributed by atoms with E-state index in [0.29, 0.717) is 12.6 Å². The lowest BCUT2D eigenvalue weighted by Gasteiger charge is -2.59. The van der Waals surface area contributed by atoms with Gasteiger partial charge in [0.15, 0.2) is 5.96 Å². The van der Waals surface area contributed by atoms with E-state index >= 15 is 0 Å². The van der Waals surface area contributed by atoms with Gasteiger partial charge in [0, 0.05) is 32.2 Å². The highest BCUT2D eigenvalue weighted by atomic mass is 127. The molecule has 0 amide bonds. The van der Waals surface area contributed by atoms with Crippen LogP contribution in [-0.4, -0.2) is 50.0 Å². The number of methoxy groups -OCH3 is 1. The number of hydrogen-bond donors (Lipinski definition) is 3. The second-order valence-electron chi connectivity index (χ2n) is 5.28. The number of rotatable bonds is 4. The van der Waals surface area contributed by atoms with Crippen LogP contribution in [0.3, 0.4) is 0 Å². The average molecular weight is 371 g/mol. The highest BCUT2D eigenvalue weighted by molar-refractivity contribution is 14.0. The van der Waals surface area contributed by atoms with Crippen molar-refractivity contribution in [2.24, 2.45) is 10.4 Å². The zero-order valence-corrected chi connectivity index (χ0v) is 14.2. The van der Waals surface area contributed by atoms with Crippen LogP contribution in [0.4, 0.5) is 0 Å². The molecule has 2 unspecified atom stereocenters. The summed E-state index contributed by atoms with van der Waals surface area (Å²) in [4.78, 5) is 4.13. The van der Waals surface area contributed by atoms with Crippen LogP contribution < -0.4 is 10.6 Å². The van der Waals surface area contributed by atoms with Gasteiger partial charge in [-0.25, -0.2) is 0 Å². The first-order valence-corrected chi connectivity index (χ1v) is 6.04. The van der Waals surface area contributed by atoms with Crippen LogP contribution in [0.15, 0.2) is 4.99 Å². The molecule has 0 spiro atoms. The van der Waals surface area contributed by atoms with E-state index < -0.39 is 0 Å². The summed E-state index contributed by atoms with van der Waals surface area (Å²) in [6.45, 7) is 7.13. The summed E-state index contributed by atoms with van der Waals surface area (Å²) >= 11 is 0. The van der Waals surface area contributed by atoms with E-state index in [1.54, 1.807) is 14.2 Å². The monoisotopic (exact) mass is 371 g/mol. The Bertz CT molecular complexity index is 297. The normalized spacial score (nSPS) is 30.1. The van der Waals surface area contributed by atoms with Crippen LogP contribution in [0, 0.1) is 5.41 Å². The summed E-state index contributed by atoms with van der Waals surface area (Å²) in [5.41, 5.74) is -0.0287. The number of nitrogens with zero attached hydrogens (tertiary/aromatic N) is 1. The molecule has 2 atom stereocenters. The second-order valence-corrected chi connectivity index (χ2v) is 5.28. The Morgan fingerprint density at radius 3 is 2.44 bits per heavy atom. The van der Waals surface area contributed by atoms with E-state index in [2.05, 4.69) is 36.4 Å². The minimum absolute atomic E-state index is 0. The fourth-order valence-corrected chi connectivity index (χ4v) is 2.26. The zero-order chi connectivity index (χ0) is 13.1. The van der Waals surface area contributed by atoms with Crippen LogP contribution in [-0.2, 0) is 4.74 Å². The van der Waals surface area contributed by atoms with E-state index in [4.69, 9.17) is 9.84 Å². The Labute approximate surface area is 127 Å². The molecule has 0 aromatic carbocycles. The predicted octanol–water partition coefficient (Wildman–Crippen LogP) is 0.965. The van der Waals surface area contributed by atoms with Gasteiger partial charge in [-0.3, -0.25) is 4.99 Å². The topological polar surface area (TPSA) is 65.9 Å². The highest BCUT2D eigenvalue weighted by Crippen LogP contribution is 2.51. The van der Waals surface area contributed by atoms with Crippen LogP contribution in [0.1, 0.15) is 27.2 Å². The van der Waals surface area contributed by atoms with Gasteiger partial charge < -0.3 is 20.5 Å². The lowest BCUT2D eigenvalue weighted by atomic mass is 9.56. The summed E-state index contributed by atoms with van der Waals surface area (Å²) in [5, 5.41) is 15.2. The van der Waals surface area contributed by atoms with Crippen LogP contribution in [0.2, 0.25) is 0 Å². The van der Waals surface area contributed by atoms with Gasteiger partial charge in [0.25, 0.3) is 0 Å². The first-order valence-electron chi connectivity index (χ1n) is 6.04. The first-order chi connectivity index (χ1) is 7.91. The molecule has 0 radical (unpaired) electrons. The van der Waals surface area contributed by atoms with Crippen molar-refractivity contribution < 1.29 is 9.84 Å². The molecule has 6 heteroatoms. The van der Waals surface area contributed by atoms with Gasteiger partial charge in [-0.05, 0) is 13.3 Å². The number of aliphatic hydroxyl groups excluding tert-OH is 1. The van der Waals surface area contributed by atoms with E-state index in [9.17, 15) is 0 Å². The number of nitrogens with one attached hydrogen (secondary N) is 2. The van der Waals surface area contributed by atoms with Gasteiger partial charge in [-0.1, -0.05) is 13.8 Å². The first kappa shape index (κ1) is 17.9. The van der Waals surface area contributed by atoms with Gasteiger partial charge in [0.2, 0.25) is 0 Å². The molecule has 0 aromatic heterocycles. The number of aliphatic imine (C=N–C) groups is 1. The fourth-order valence-electron chi connectivity index (χ4n) is 2.26. The van der Waals surface area contributed by atoms with E-state index in [1.807, 2.05) is 0 Å². The molecule has 0 saturated heterocycles. The molecule has 0 bridgehead atoms. The highest BCUT2D eigenvalue weighted by Gasteiger charge is 2.57. The third-order valence-electron chi connectivity index (χ3n) is 4.22. The van der Waals surface area contributed by atoms with Gasteiger partial charge in [0.1, 0.15) is 0 Å². The fraction of sp³-hybridized carbons (Fsp3) is 0.917. The standard InChI is InChI=1S/C12H25N3O2.HI/c1-11(2)9(8-12(11,3)17-5)15-10(13-4)14-6-7-16;/h9,16H,6-8H2,1-5H3,(H2,13,14,15);1H. The quantitative estimate of drug-likeness (QED) is 0.392. The summed E-state index contributed by atoms with van der Waals surface area (Å²) in [7, 11) is 3.49. The van der Waals surface area contributed by atoms with Crippen molar-refractivity contribution in [2.75, 3.05) is 27.3 Å². The van der Waals surface area contributed by atoms with E-state index in [0.717, 1.165) is 12.4 Å². The number of halogens is 1. The van der Waals surface area contributed by atoms with Gasteiger partial charge in [-0.15, -0.1) is 24.0 Å². The maximum atomic E-state index is 8.77. The summed E-state index contributed by atoms with van der Waals surface area (Å²) in [6, 6.07) is 0.331. The number of hydrogen-bond acceptors (Lipinski definition) is 3. The van der Waals surface area contributed by atoms with Crippen molar-refractivity contribution in [1.82, 2.24) is 10.6 Å². The van der Waals surface area contributed by atoms with Crippen molar-refractivity contribution in [1.29, 1.82) is 0 Å². The van der Waals surface area contributed by atoms with Crippen molar-refractivity contribution in [3.8, 4) is 0 Å². The third-order valence-corrected chi connectivity index (χ3v) is 4.22. The molecule has 18 heavy (non-hydrogen) atoms. The van der Waals surface area contributed by atoms with Crippen molar-refractivity contribution >= 4 is 29.9 Å². The smallest absolute Gasteiger partial charge is 0.191 e. The second kappa shape index (κ2) is 6.91. The Kier molecular flexibility index (Phi) is 6.87. The SMILES string of the molecule is CN=C(NCCO)NC1CC(C)(OC)C1(C)C.I.